The maximum atomic E-state index is 12.5. The first kappa shape index (κ1) is 23.7. The van der Waals surface area contributed by atoms with Crippen LogP contribution in [0.25, 0.3) is 17.1 Å². The lowest BCUT2D eigenvalue weighted by Crippen LogP contribution is -2.20. The van der Waals surface area contributed by atoms with E-state index in [-0.39, 0.29) is 11.2 Å². The van der Waals surface area contributed by atoms with Crippen LogP contribution in [0.3, 0.4) is 0 Å². The van der Waals surface area contributed by atoms with Crippen LogP contribution in [-0.2, 0) is 9.53 Å². The maximum absolute atomic E-state index is 12.5. The molecule has 2 aromatic carbocycles. The average Bonchev–Trinajstić information content (AvgIpc) is 3.22. The molecule has 0 saturated heterocycles. The Bertz CT molecular complexity index is 1030. The third kappa shape index (κ3) is 5.43. The van der Waals surface area contributed by atoms with Crippen molar-refractivity contribution in [2.75, 3.05) is 20.8 Å². The maximum Gasteiger partial charge on any atom is 0.319 e. The number of nitrogens with zero attached hydrogens (tertiary/aromatic N) is 3. The third-order valence-electron chi connectivity index (χ3n) is 4.88. The van der Waals surface area contributed by atoms with Gasteiger partial charge >= 0.3 is 5.97 Å². The summed E-state index contributed by atoms with van der Waals surface area (Å²) in [7, 11) is 3.22. The van der Waals surface area contributed by atoms with Crippen LogP contribution < -0.4 is 9.47 Å². The number of hydrogen-bond donors (Lipinski definition) is 0. The third-order valence-corrected chi connectivity index (χ3v) is 6.07. The number of hydrogen-bond acceptors (Lipinski definition) is 7. The van der Waals surface area contributed by atoms with Crippen LogP contribution in [0.5, 0.6) is 11.5 Å². The van der Waals surface area contributed by atoms with Gasteiger partial charge in [0.25, 0.3) is 0 Å². The molecule has 0 radical (unpaired) electrons. The molecule has 0 spiro atoms. The van der Waals surface area contributed by atoms with Crippen molar-refractivity contribution >= 4 is 17.7 Å². The zero-order valence-electron chi connectivity index (χ0n) is 19.1. The molecule has 32 heavy (non-hydrogen) atoms. The first-order chi connectivity index (χ1) is 15.5. The summed E-state index contributed by atoms with van der Waals surface area (Å²) >= 11 is 1.37. The Balaban J connectivity index is 2.12. The Morgan fingerprint density at radius 1 is 1.03 bits per heavy atom. The van der Waals surface area contributed by atoms with Crippen LogP contribution in [0.1, 0.15) is 32.3 Å². The van der Waals surface area contributed by atoms with Gasteiger partial charge in [-0.15, -0.1) is 10.2 Å². The molecule has 3 aromatic rings. The number of benzene rings is 2. The van der Waals surface area contributed by atoms with Crippen LogP contribution in [0.4, 0.5) is 0 Å². The van der Waals surface area contributed by atoms with E-state index in [1.807, 2.05) is 67.8 Å². The van der Waals surface area contributed by atoms with Gasteiger partial charge in [-0.3, -0.25) is 9.36 Å². The van der Waals surface area contributed by atoms with Crippen LogP contribution >= 0.6 is 11.8 Å². The molecule has 0 fully saturated rings. The van der Waals surface area contributed by atoms with Crippen LogP contribution in [0.2, 0.25) is 0 Å². The van der Waals surface area contributed by atoms with Gasteiger partial charge in [-0.05, 0) is 44.5 Å². The second-order valence-electron chi connectivity index (χ2n) is 7.23. The van der Waals surface area contributed by atoms with Crippen molar-refractivity contribution in [1.82, 2.24) is 14.8 Å². The Hall–Kier alpha value is -3.00. The lowest BCUT2D eigenvalue weighted by atomic mass is 10.1. The summed E-state index contributed by atoms with van der Waals surface area (Å²) in [5.74, 6) is 1.71. The highest BCUT2D eigenvalue weighted by Gasteiger charge is 2.26. The van der Waals surface area contributed by atoms with E-state index >= 15 is 0 Å². The smallest absolute Gasteiger partial charge is 0.319 e. The first-order valence-electron chi connectivity index (χ1n) is 10.6. The number of thioether (sulfide) groups is 1. The Morgan fingerprint density at radius 2 is 1.69 bits per heavy atom. The highest BCUT2D eigenvalue weighted by atomic mass is 32.2. The number of ether oxygens (including phenoxy) is 3. The predicted molar refractivity (Wildman–Crippen MR) is 126 cm³/mol. The van der Waals surface area contributed by atoms with E-state index in [4.69, 9.17) is 14.2 Å². The molecule has 0 bridgehead atoms. The number of aromatic nitrogens is 3. The molecule has 0 aliphatic heterocycles. The first-order valence-corrected chi connectivity index (χ1v) is 11.5. The lowest BCUT2D eigenvalue weighted by Gasteiger charge is -2.16. The van der Waals surface area contributed by atoms with Gasteiger partial charge < -0.3 is 14.2 Å². The van der Waals surface area contributed by atoms with Gasteiger partial charge in [0, 0.05) is 17.3 Å². The van der Waals surface area contributed by atoms with Crippen molar-refractivity contribution in [1.29, 1.82) is 0 Å². The number of esters is 1. The van der Waals surface area contributed by atoms with Crippen LogP contribution in [0.15, 0.2) is 47.6 Å². The molecule has 0 aliphatic rings. The summed E-state index contributed by atoms with van der Waals surface area (Å²) in [4.78, 5) is 12.5. The number of rotatable bonds is 10. The molecule has 0 unspecified atom stereocenters. The van der Waals surface area contributed by atoms with E-state index < -0.39 is 0 Å². The molecule has 0 amide bonds. The standard InChI is InChI=1S/C24H29N3O4S/c1-6-8-21(23(28)31-7-2)32-24-26-25-22(27(24)18-11-9-16(3)10-12-18)17-13-19(29-4)15-20(14-17)30-5/h9-15,21H,6-8H2,1-5H3/t21-/m1/s1. The summed E-state index contributed by atoms with van der Waals surface area (Å²) in [6.45, 7) is 6.25. The van der Waals surface area contributed by atoms with Gasteiger partial charge in [-0.1, -0.05) is 42.8 Å². The number of carbonyl (C=O) groups is 1. The topological polar surface area (TPSA) is 75.5 Å². The monoisotopic (exact) mass is 455 g/mol. The molecular formula is C24H29N3O4S. The fourth-order valence-corrected chi connectivity index (χ4v) is 4.40. The van der Waals surface area contributed by atoms with E-state index in [1.165, 1.54) is 11.8 Å². The minimum absolute atomic E-state index is 0.234. The van der Waals surface area contributed by atoms with E-state index in [9.17, 15) is 4.79 Å². The number of methoxy groups -OCH3 is 2. The minimum atomic E-state index is -0.360. The van der Waals surface area contributed by atoms with Gasteiger partial charge in [0.05, 0.1) is 20.8 Å². The van der Waals surface area contributed by atoms with Gasteiger partial charge in [-0.25, -0.2) is 0 Å². The van der Waals surface area contributed by atoms with Crippen molar-refractivity contribution in [3.63, 3.8) is 0 Å². The summed E-state index contributed by atoms with van der Waals surface area (Å²) in [6, 6.07) is 13.7. The highest BCUT2D eigenvalue weighted by molar-refractivity contribution is 8.00. The zero-order valence-corrected chi connectivity index (χ0v) is 19.9. The molecular weight excluding hydrogens is 426 g/mol. The van der Waals surface area contributed by atoms with Gasteiger partial charge in [0.2, 0.25) is 0 Å². The molecule has 0 aliphatic carbocycles. The van der Waals surface area contributed by atoms with Crippen LogP contribution in [0, 0.1) is 6.92 Å². The molecule has 0 N–H and O–H groups in total. The van der Waals surface area contributed by atoms with Crippen molar-refractivity contribution in [3.8, 4) is 28.6 Å². The van der Waals surface area contributed by atoms with E-state index in [0.29, 0.717) is 35.5 Å². The second kappa shape index (κ2) is 11.0. The fourth-order valence-electron chi connectivity index (χ4n) is 3.25. The second-order valence-corrected chi connectivity index (χ2v) is 8.40. The number of carbonyl (C=O) groups excluding carboxylic acids is 1. The van der Waals surface area contributed by atoms with Crippen molar-refractivity contribution < 1.29 is 19.0 Å². The van der Waals surface area contributed by atoms with Crippen molar-refractivity contribution in [3.05, 3.63) is 48.0 Å². The van der Waals surface area contributed by atoms with E-state index in [1.54, 1.807) is 14.2 Å². The summed E-state index contributed by atoms with van der Waals surface area (Å²) in [5, 5.41) is 9.20. The van der Waals surface area contributed by atoms with E-state index in [2.05, 4.69) is 10.2 Å². The molecule has 0 saturated carbocycles. The zero-order chi connectivity index (χ0) is 23.1. The SMILES string of the molecule is CCC[C@@H](Sc1nnc(-c2cc(OC)cc(OC)c2)n1-c1ccc(C)cc1)C(=O)OCC. The molecule has 1 aromatic heterocycles. The molecule has 7 nitrogen and oxygen atoms in total. The summed E-state index contributed by atoms with van der Waals surface area (Å²) in [6.07, 6.45) is 1.54. The normalized spacial score (nSPS) is 11.8. The molecule has 1 atom stereocenters. The Labute approximate surface area is 193 Å². The summed E-state index contributed by atoms with van der Waals surface area (Å²) in [5.41, 5.74) is 2.85. The number of aryl methyl sites for hydroxylation is 1. The van der Waals surface area contributed by atoms with Gasteiger partial charge in [0.1, 0.15) is 16.7 Å². The van der Waals surface area contributed by atoms with Gasteiger partial charge in [0.15, 0.2) is 11.0 Å². The molecule has 1 heterocycles. The van der Waals surface area contributed by atoms with Crippen LogP contribution in [-0.4, -0.2) is 46.8 Å². The van der Waals surface area contributed by atoms with Crippen molar-refractivity contribution in [2.24, 2.45) is 0 Å². The Morgan fingerprint density at radius 3 is 2.25 bits per heavy atom. The summed E-state index contributed by atoms with van der Waals surface area (Å²) < 4.78 is 18.1. The molecule has 8 heteroatoms. The fraction of sp³-hybridized carbons (Fsp3) is 0.375. The van der Waals surface area contributed by atoms with Crippen molar-refractivity contribution in [2.45, 2.75) is 44.0 Å². The highest BCUT2D eigenvalue weighted by Crippen LogP contribution is 2.35. The minimum Gasteiger partial charge on any atom is -0.497 e. The van der Waals surface area contributed by atoms with Gasteiger partial charge in [-0.2, -0.15) is 0 Å². The molecule has 3 rings (SSSR count). The largest absolute Gasteiger partial charge is 0.497 e. The quantitative estimate of drug-likeness (QED) is 0.311. The van der Waals surface area contributed by atoms with E-state index in [0.717, 1.165) is 23.2 Å². The average molecular weight is 456 g/mol. The lowest BCUT2D eigenvalue weighted by molar-refractivity contribution is -0.142. The Kier molecular flexibility index (Phi) is 8.16. The predicted octanol–water partition coefficient (Wildman–Crippen LogP) is 5.08. The molecule has 170 valence electrons.